The Morgan fingerprint density at radius 2 is 1.70 bits per heavy atom. The number of nitrogens with zero attached hydrogens (tertiary/aromatic N) is 3. The molecular formula is C23H19N3O4. The van der Waals surface area contributed by atoms with Crippen LogP contribution in [-0.2, 0) is 11.3 Å². The highest BCUT2D eigenvalue weighted by atomic mass is 16.5. The van der Waals surface area contributed by atoms with Crippen LogP contribution in [0.1, 0.15) is 5.56 Å². The van der Waals surface area contributed by atoms with Crippen LogP contribution in [0.25, 0.3) is 34.2 Å². The molecule has 3 heterocycles. The van der Waals surface area contributed by atoms with E-state index in [2.05, 4.69) is 15.0 Å². The fourth-order valence-corrected chi connectivity index (χ4v) is 3.55. The fraction of sp³-hybridized carbons (Fsp3) is 0.174. The quantitative estimate of drug-likeness (QED) is 0.518. The molecule has 0 atom stereocenters. The average molecular weight is 401 g/mol. The molecule has 0 bridgehead atoms. The number of hydrogen-bond acceptors (Lipinski definition) is 6. The highest BCUT2D eigenvalue weighted by Gasteiger charge is 2.32. The normalized spacial score (nSPS) is 14.5. The molecule has 30 heavy (non-hydrogen) atoms. The lowest BCUT2D eigenvalue weighted by atomic mass is 9.99. The van der Waals surface area contributed by atoms with Crippen molar-refractivity contribution in [3.05, 3.63) is 72.5 Å². The molecule has 7 nitrogen and oxygen atoms in total. The maximum atomic E-state index is 10.9. The molecule has 0 unspecified atom stereocenters. The van der Waals surface area contributed by atoms with Crippen LogP contribution in [0.5, 0.6) is 0 Å². The van der Waals surface area contributed by atoms with Crippen LogP contribution in [0.2, 0.25) is 0 Å². The van der Waals surface area contributed by atoms with E-state index in [-0.39, 0.29) is 5.92 Å². The third-order valence-corrected chi connectivity index (χ3v) is 5.29. The number of aliphatic carboxylic acids is 1. The van der Waals surface area contributed by atoms with E-state index in [0.29, 0.717) is 24.8 Å². The lowest BCUT2D eigenvalue weighted by Crippen LogP contribution is -2.49. The fourth-order valence-electron chi connectivity index (χ4n) is 3.55. The Morgan fingerprint density at radius 3 is 2.37 bits per heavy atom. The predicted octanol–water partition coefficient (Wildman–Crippen LogP) is 4.18. The molecule has 0 saturated carbocycles. The summed E-state index contributed by atoms with van der Waals surface area (Å²) in [6.45, 7) is 1.94. The molecule has 1 aliphatic rings. The van der Waals surface area contributed by atoms with Crippen LogP contribution in [0.15, 0.2) is 75.9 Å². The molecule has 1 fully saturated rings. The standard InChI is InChI=1S/C23H19N3O4/c27-23(28)19-13-26(14-19)12-15-3-5-17(6-4-15)21-24-22(30-25-21)18-9-7-16(8-10-18)20-2-1-11-29-20/h1-11,19H,12-14H2,(H,27,28). The molecule has 1 aliphatic heterocycles. The second kappa shape index (κ2) is 7.61. The van der Waals surface area contributed by atoms with E-state index in [0.717, 1.165) is 34.6 Å². The maximum Gasteiger partial charge on any atom is 0.309 e. The van der Waals surface area contributed by atoms with Gasteiger partial charge in [-0.15, -0.1) is 0 Å². The van der Waals surface area contributed by atoms with Crippen molar-refractivity contribution in [3.63, 3.8) is 0 Å². The lowest BCUT2D eigenvalue weighted by Gasteiger charge is -2.36. The zero-order chi connectivity index (χ0) is 20.5. The minimum atomic E-state index is -0.717. The van der Waals surface area contributed by atoms with Gasteiger partial charge in [0, 0.05) is 36.3 Å². The first-order valence-electron chi connectivity index (χ1n) is 9.68. The third-order valence-electron chi connectivity index (χ3n) is 5.29. The van der Waals surface area contributed by atoms with Crippen molar-refractivity contribution in [1.82, 2.24) is 15.0 Å². The summed E-state index contributed by atoms with van der Waals surface area (Å²) in [7, 11) is 0. The van der Waals surface area contributed by atoms with Crippen molar-refractivity contribution in [3.8, 4) is 34.2 Å². The smallest absolute Gasteiger partial charge is 0.309 e. The first-order valence-corrected chi connectivity index (χ1v) is 9.68. The van der Waals surface area contributed by atoms with E-state index in [1.165, 1.54) is 0 Å². The van der Waals surface area contributed by atoms with Crippen molar-refractivity contribution in [2.24, 2.45) is 5.92 Å². The van der Waals surface area contributed by atoms with Gasteiger partial charge < -0.3 is 14.0 Å². The molecule has 4 aromatic rings. The van der Waals surface area contributed by atoms with E-state index < -0.39 is 5.97 Å². The van der Waals surface area contributed by atoms with Gasteiger partial charge in [0.15, 0.2) is 0 Å². The Kier molecular flexibility index (Phi) is 4.65. The van der Waals surface area contributed by atoms with Gasteiger partial charge in [-0.1, -0.05) is 41.6 Å². The summed E-state index contributed by atoms with van der Waals surface area (Å²) in [5, 5.41) is 13.1. The van der Waals surface area contributed by atoms with Gasteiger partial charge in [0.25, 0.3) is 5.89 Å². The summed E-state index contributed by atoms with van der Waals surface area (Å²) in [5.41, 5.74) is 3.81. The average Bonchev–Trinajstić information content (AvgIpc) is 3.43. The number of benzene rings is 2. The first-order chi connectivity index (χ1) is 14.7. The molecular weight excluding hydrogens is 382 g/mol. The topological polar surface area (TPSA) is 92.6 Å². The van der Waals surface area contributed by atoms with Gasteiger partial charge in [0.2, 0.25) is 5.82 Å². The minimum Gasteiger partial charge on any atom is -0.481 e. The third kappa shape index (κ3) is 3.62. The summed E-state index contributed by atoms with van der Waals surface area (Å²) in [6, 6.07) is 19.5. The summed E-state index contributed by atoms with van der Waals surface area (Å²) in [5.74, 6) is 0.840. The zero-order valence-corrected chi connectivity index (χ0v) is 16.1. The monoisotopic (exact) mass is 401 g/mol. The van der Waals surface area contributed by atoms with Gasteiger partial charge in [-0.3, -0.25) is 9.69 Å². The van der Waals surface area contributed by atoms with Crippen molar-refractivity contribution >= 4 is 5.97 Å². The molecule has 0 aliphatic carbocycles. The van der Waals surface area contributed by atoms with Crippen LogP contribution < -0.4 is 0 Å². The number of likely N-dealkylation sites (tertiary alicyclic amines) is 1. The van der Waals surface area contributed by atoms with Gasteiger partial charge in [0.1, 0.15) is 5.76 Å². The summed E-state index contributed by atoms with van der Waals surface area (Å²) >= 11 is 0. The predicted molar refractivity (Wildman–Crippen MR) is 109 cm³/mol. The van der Waals surface area contributed by atoms with Crippen LogP contribution in [0.4, 0.5) is 0 Å². The second-order valence-electron chi connectivity index (χ2n) is 7.40. The minimum absolute atomic E-state index is 0.241. The number of hydrogen-bond donors (Lipinski definition) is 1. The SMILES string of the molecule is O=C(O)C1CN(Cc2ccc(-c3noc(-c4ccc(-c5ccco5)cc4)n3)cc2)C1. The van der Waals surface area contributed by atoms with Crippen molar-refractivity contribution in [1.29, 1.82) is 0 Å². The zero-order valence-electron chi connectivity index (χ0n) is 16.1. The van der Waals surface area contributed by atoms with E-state index >= 15 is 0 Å². The van der Waals surface area contributed by atoms with Gasteiger partial charge >= 0.3 is 5.97 Å². The summed E-state index contributed by atoms with van der Waals surface area (Å²) in [6.07, 6.45) is 1.65. The van der Waals surface area contributed by atoms with Crippen molar-refractivity contribution < 1.29 is 18.8 Å². The van der Waals surface area contributed by atoms with E-state index in [4.69, 9.17) is 14.0 Å². The highest BCUT2D eigenvalue weighted by Crippen LogP contribution is 2.26. The van der Waals surface area contributed by atoms with Crippen molar-refractivity contribution in [2.75, 3.05) is 13.1 Å². The largest absolute Gasteiger partial charge is 0.481 e. The Bertz CT molecular complexity index is 1140. The Hall–Kier alpha value is -3.71. The molecule has 0 spiro atoms. The number of rotatable bonds is 6. The van der Waals surface area contributed by atoms with Crippen LogP contribution >= 0.6 is 0 Å². The van der Waals surface area contributed by atoms with Gasteiger partial charge in [-0.05, 0) is 29.8 Å². The van der Waals surface area contributed by atoms with Crippen LogP contribution in [0, 0.1) is 5.92 Å². The van der Waals surface area contributed by atoms with Gasteiger partial charge in [-0.2, -0.15) is 4.98 Å². The molecule has 2 aromatic heterocycles. The maximum absolute atomic E-state index is 10.9. The molecule has 0 amide bonds. The Morgan fingerprint density at radius 1 is 1.00 bits per heavy atom. The molecule has 1 saturated heterocycles. The lowest BCUT2D eigenvalue weighted by molar-refractivity contribution is -0.147. The number of furan rings is 1. The number of aromatic nitrogens is 2. The van der Waals surface area contributed by atoms with E-state index in [1.54, 1.807) is 6.26 Å². The molecule has 7 heteroatoms. The molecule has 150 valence electrons. The summed E-state index contributed by atoms with van der Waals surface area (Å²) in [4.78, 5) is 17.5. The second-order valence-corrected chi connectivity index (χ2v) is 7.40. The number of carbonyl (C=O) groups is 1. The van der Waals surface area contributed by atoms with Crippen LogP contribution in [0.3, 0.4) is 0 Å². The molecule has 5 rings (SSSR count). The molecule has 2 aromatic carbocycles. The Balaban J connectivity index is 1.26. The van der Waals surface area contributed by atoms with Crippen LogP contribution in [-0.4, -0.2) is 39.2 Å². The molecule has 0 radical (unpaired) electrons. The van der Waals surface area contributed by atoms with Gasteiger partial charge in [0.05, 0.1) is 12.2 Å². The highest BCUT2D eigenvalue weighted by molar-refractivity contribution is 5.71. The Labute approximate surface area is 172 Å². The first kappa shape index (κ1) is 18.3. The van der Waals surface area contributed by atoms with Gasteiger partial charge in [-0.25, -0.2) is 0 Å². The van der Waals surface area contributed by atoms with E-state index in [1.807, 2.05) is 60.7 Å². The molecule has 1 N–H and O–H groups in total. The number of carboxylic acids is 1. The van der Waals surface area contributed by atoms with Crippen molar-refractivity contribution in [2.45, 2.75) is 6.54 Å². The number of carboxylic acid groups (broad SMARTS) is 1. The summed E-state index contributed by atoms with van der Waals surface area (Å²) < 4.78 is 10.8. The van der Waals surface area contributed by atoms with E-state index in [9.17, 15) is 4.79 Å².